The van der Waals surface area contributed by atoms with Crippen molar-refractivity contribution < 1.29 is 23.5 Å². The summed E-state index contributed by atoms with van der Waals surface area (Å²) in [6.45, 7) is 3.66. The molecule has 0 aliphatic rings. The molecule has 236 valence electrons. The number of aromatic nitrogens is 4. The molecule has 2 heterocycles. The summed E-state index contributed by atoms with van der Waals surface area (Å²) in [5.74, 6) is -0.00313. The Kier molecular flexibility index (Phi) is 18.9. The van der Waals surface area contributed by atoms with Crippen molar-refractivity contribution in [3.8, 4) is 0 Å². The first-order valence-corrected chi connectivity index (χ1v) is 17.5. The van der Waals surface area contributed by atoms with Crippen LogP contribution in [0.4, 0.5) is 5.95 Å². The van der Waals surface area contributed by atoms with Gasteiger partial charge in [-0.25, -0.2) is 4.98 Å². The van der Waals surface area contributed by atoms with Gasteiger partial charge < -0.3 is 24.6 Å². The monoisotopic (exact) mass is 599 g/mol. The quantitative estimate of drug-likeness (QED) is 0.0766. The summed E-state index contributed by atoms with van der Waals surface area (Å²) in [5.41, 5.74) is 5.65. The zero-order valence-corrected chi connectivity index (χ0v) is 26.1. The highest BCUT2D eigenvalue weighted by Gasteiger charge is 2.18. The van der Waals surface area contributed by atoms with Gasteiger partial charge in [-0.1, -0.05) is 103 Å². The molecule has 0 bridgehead atoms. The van der Waals surface area contributed by atoms with Crippen LogP contribution >= 0.6 is 7.60 Å². The van der Waals surface area contributed by atoms with Crippen LogP contribution in [0.15, 0.2) is 11.1 Å². The maximum atomic E-state index is 12.2. The van der Waals surface area contributed by atoms with E-state index in [0.29, 0.717) is 25.3 Å². The highest BCUT2D eigenvalue weighted by Crippen LogP contribution is 2.42. The molecule has 0 aromatic carbocycles. The van der Waals surface area contributed by atoms with Crippen LogP contribution in [0.1, 0.15) is 116 Å². The predicted molar refractivity (Wildman–Crippen MR) is 164 cm³/mol. The number of hydrogen-bond donors (Lipinski definition) is 3. The molecule has 0 amide bonds. The number of imidazole rings is 1. The molecule has 1 atom stereocenters. The fourth-order valence-corrected chi connectivity index (χ4v) is 5.77. The van der Waals surface area contributed by atoms with E-state index in [1.165, 1.54) is 96.2 Å². The van der Waals surface area contributed by atoms with Gasteiger partial charge in [0, 0.05) is 13.2 Å². The van der Waals surface area contributed by atoms with Crippen molar-refractivity contribution in [3.63, 3.8) is 0 Å². The first-order valence-electron chi connectivity index (χ1n) is 15.8. The molecule has 2 rings (SSSR count). The highest BCUT2D eigenvalue weighted by atomic mass is 31.2. The maximum absolute atomic E-state index is 12.2. The largest absolute Gasteiger partial charge is 0.379 e. The van der Waals surface area contributed by atoms with Crippen molar-refractivity contribution in [2.75, 3.05) is 38.3 Å². The Hall–Kier alpha value is -1.78. The van der Waals surface area contributed by atoms with Gasteiger partial charge in [0.25, 0.3) is 5.56 Å². The van der Waals surface area contributed by atoms with E-state index in [0.717, 1.165) is 12.8 Å². The summed E-state index contributed by atoms with van der Waals surface area (Å²) >= 11 is 0. The van der Waals surface area contributed by atoms with Gasteiger partial charge in [-0.05, 0) is 12.8 Å². The van der Waals surface area contributed by atoms with Crippen LogP contribution in [0.2, 0.25) is 0 Å². The SMILES string of the molecule is CCCCCCCCCCCCCCCCCCOCCOP(=O)(O)CCCOCn1cnc2c(=O)[nH]c(N)nc21. The molecule has 41 heavy (non-hydrogen) atoms. The van der Waals surface area contributed by atoms with E-state index in [9.17, 15) is 14.3 Å². The second-order valence-corrected chi connectivity index (χ2v) is 12.8. The van der Waals surface area contributed by atoms with Crippen molar-refractivity contribution >= 4 is 24.7 Å². The van der Waals surface area contributed by atoms with Crippen LogP contribution in [-0.2, 0) is 25.3 Å². The van der Waals surface area contributed by atoms with Gasteiger partial charge in [0.15, 0.2) is 11.2 Å². The Balaban J connectivity index is 1.34. The van der Waals surface area contributed by atoms with Gasteiger partial charge in [-0.15, -0.1) is 0 Å². The van der Waals surface area contributed by atoms with Gasteiger partial charge in [-0.2, -0.15) is 4.98 Å². The molecule has 0 aliphatic carbocycles. The van der Waals surface area contributed by atoms with E-state index in [1.54, 1.807) is 4.57 Å². The van der Waals surface area contributed by atoms with E-state index < -0.39 is 13.2 Å². The Morgan fingerprint density at radius 3 is 2.00 bits per heavy atom. The first kappa shape index (κ1) is 35.4. The van der Waals surface area contributed by atoms with Crippen molar-refractivity contribution in [1.29, 1.82) is 0 Å². The molecule has 0 saturated heterocycles. The number of nitrogens with zero attached hydrogens (tertiary/aromatic N) is 3. The Morgan fingerprint density at radius 1 is 0.829 bits per heavy atom. The molecule has 0 aliphatic heterocycles. The smallest absolute Gasteiger partial charge is 0.328 e. The molecule has 2 aromatic rings. The van der Waals surface area contributed by atoms with E-state index in [-0.39, 0.29) is 37.6 Å². The normalized spacial score (nSPS) is 13.2. The lowest BCUT2D eigenvalue weighted by molar-refractivity contribution is 0.0774. The number of aromatic amines is 1. The van der Waals surface area contributed by atoms with Gasteiger partial charge in [0.05, 0.1) is 25.7 Å². The third-order valence-corrected chi connectivity index (χ3v) is 8.58. The fraction of sp³-hybridized carbons (Fsp3) is 0.828. The third kappa shape index (κ3) is 16.4. The summed E-state index contributed by atoms with van der Waals surface area (Å²) in [6.07, 6.45) is 23.1. The van der Waals surface area contributed by atoms with Crippen LogP contribution in [0.25, 0.3) is 11.2 Å². The van der Waals surface area contributed by atoms with E-state index in [2.05, 4.69) is 21.9 Å². The van der Waals surface area contributed by atoms with Gasteiger partial charge in [0.1, 0.15) is 6.73 Å². The number of H-pyrrole nitrogens is 1. The molecule has 2 aromatic heterocycles. The van der Waals surface area contributed by atoms with Gasteiger partial charge in [-0.3, -0.25) is 18.9 Å². The molecule has 12 heteroatoms. The molecule has 0 radical (unpaired) electrons. The lowest BCUT2D eigenvalue weighted by Crippen LogP contribution is -2.13. The van der Waals surface area contributed by atoms with Crippen molar-refractivity contribution in [3.05, 3.63) is 16.7 Å². The lowest BCUT2D eigenvalue weighted by Gasteiger charge is -2.12. The number of hydrogen-bond acceptors (Lipinski definition) is 8. The number of ether oxygens (including phenoxy) is 2. The molecule has 4 N–H and O–H groups in total. The second-order valence-electron chi connectivity index (χ2n) is 10.8. The fourth-order valence-electron chi connectivity index (χ4n) is 4.75. The Bertz CT molecular complexity index is 1050. The zero-order valence-electron chi connectivity index (χ0n) is 25.2. The number of anilines is 1. The minimum Gasteiger partial charge on any atom is -0.379 e. The minimum absolute atomic E-state index is 0.00313. The summed E-state index contributed by atoms with van der Waals surface area (Å²) < 4.78 is 30.0. The molecular weight excluding hydrogens is 545 g/mol. The van der Waals surface area contributed by atoms with E-state index in [1.807, 2.05) is 0 Å². The van der Waals surface area contributed by atoms with Crippen molar-refractivity contribution in [2.45, 2.75) is 123 Å². The number of fused-ring (bicyclic) bond motifs is 1. The van der Waals surface area contributed by atoms with Crippen molar-refractivity contribution in [1.82, 2.24) is 19.5 Å². The molecule has 1 unspecified atom stereocenters. The minimum atomic E-state index is -3.69. The predicted octanol–water partition coefficient (Wildman–Crippen LogP) is 6.55. The van der Waals surface area contributed by atoms with Crippen LogP contribution in [0.3, 0.4) is 0 Å². The maximum Gasteiger partial charge on any atom is 0.328 e. The van der Waals surface area contributed by atoms with Gasteiger partial charge in [0.2, 0.25) is 5.95 Å². The number of nitrogens with one attached hydrogen (secondary N) is 1. The number of nitrogens with two attached hydrogens (primary N) is 1. The molecule has 0 spiro atoms. The number of nitrogen functional groups attached to an aromatic ring is 1. The van der Waals surface area contributed by atoms with Crippen LogP contribution < -0.4 is 11.3 Å². The first-order chi connectivity index (χ1) is 19.9. The molecular formula is C29H54N5O6P. The Labute approximate surface area is 245 Å². The second kappa shape index (κ2) is 21.9. The number of rotatable bonds is 27. The third-order valence-electron chi connectivity index (χ3n) is 7.12. The number of unbranched alkanes of at least 4 members (excludes halogenated alkanes) is 15. The van der Waals surface area contributed by atoms with Crippen LogP contribution in [-0.4, -0.2) is 57.0 Å². The van der Waals surface area contributed by atoms with Crippen LogP contribution in [0, 0.1) is 0 Å². The molecule has 0 fully saturated rings. The van der Waals surface area contributed by atoms with E-state index >= 15 is 0 Å². The van der Waals surface area contributed by atoms with Crippen molar-refractivity contribution in [2.24, 2.45) is 0 Å². The van der Waals surface area contributed by atoms with Gasteiger partial charge >= 0.3 is 7.60 Å². The standard InChI is InChI=1S/C29H54N5O6P/c1-2-3-4-5-6-7-8-9-10-11-12-13-14-15-16-17-19-38-21-22-40-41(36,37)23-18-20-39-25-34-24-31-26-27(34)32-29(30)33-28(26)35/h24H,2-23,25H2,1H3,(H,36,37)(H3,30,32,33,35). The van der Waals surface area contributed by atoms with Crippen LogP contribution in [0.5, 0.6) is 0 Å². The highest BCUT2D eigenvalue weighted by molar-refractivity contribution is 7.52. The topological polar surface area (TPSA) is 155 Å². The molecule has 0 saturated carbocycles. The average Bonchev–Trinajstić information content (AvgIpc) is 3.34. The molecule has 11 nitrogen and oxygen atoms in total. The lowest BCUT2D eigenvalue weighted by atomic mass is 10.0. The summed E-state index contributed by atoms with van der Waals surface area (Å²) in [6, 6.07) is 0. The summed E-state index contributed by atoms with van der Waals surface area (Å²) in [4.78, 5) is 32.2. The van der Waals surface area contributed by atoms with E-state index in [4.69, 9.17) is 19.7 Å². The summed E-state index contributed by atoms with van der Waals surface area (Å²) in [5, 5.41) is 0. The average molecular weight is 600 g/mol. The zero-order chi connectivity index (χ0) is 29.6. The summed E-state index contributed by atoms with van der Waals surface area (Å²) in [7, 11) is -3.69. The Morgan fingerprint density at radius 2 is 1.39 bits per heavy atom.